The molecule has 0 radical (unpaired) electrons. The van der Waals surface area contributed by atoms with Crippen LogP contribution in [-0.2, 0) is 0 Å². The Labute approximate surface area is 74.1 Å². The first kappa shape index (κ1) is 9.27. The van der Waals surface area contributed by atoms with Crippen molar-refractivity contribution in [2.24, 2.45) is 0 Å². The average Bonchev–Trinajstić information content (AvgIpc) is 2.10. The van der Waals surface area contributed by atoms with Gasteiger partial charge in [0.1, 0.15) is 0 Å². The molecule has 1 heteroatoms. The summed E-state index contributed by atoms with van der Waals surface area (Å²) >= 11 is 0. The molecule has 1 unspecified atom stereocenters. The highest BCUT2D eigenvalue weighted by molar-refractivity contribution is 5.24. The van der Waals surface area contributed by atoms with Gasteiger partial charge in [-0.2, -0.15) is 0 Å². The van der Waals surface area contributed by atoms with Crippen molar-refractivity contribution < 1.29 is 5.11 Å². The standard InChI is InChI=1S/C11H16O/c1-3-10(8-12)11-6-4-9(2)5-7-11/h4-7,10,12H,3,8H2,1-2H3. The van der Waals surface area contributed by atoms with Crippen molar-refractivity contribution in [3.63, 3.8) is 0 Å². The Bertz CT molecular complexity index is 221. The smallest absolute Gasteiger partial charge is 0.0499 e. The zero-order chi connectivity index (χ0) is 8.97. The van der Waals surface area contributed by atoms with E-state index in [9.17, 15) is 0 Å². The molecule has 1 N–H and O–H groups in total. The van der Waals surface area contributed by atoms with Crippen LogP contribution in [0.2, 0.25) is 0 Å². The normalized spacial score (nSPS) is 12.9. The first-order valence-corrected chi connectivity index (χ1v) is 4.45. The van der Waals surface area contributed by atoms with E-state index in [1.54, 1.807) is 0 Å². The molecule has 0 aromatic heterocycles. The highest BCUT2D eigenvalue weighted by Gasteiger charge is 2.06. The van der Waals surface area contributed by atoms with Gasteiger partial charge in [0.05, 0.1) is 0 Å². The van der Waals surface area contributed by atoms with Crippen LogP contribution < -0.4 is 0 Å². The first-order valence-electron chi connectivity index (χ1n) is 4.45. The monoisotopic (exact) mass is 164 g/mol. The molecule has 0 fully saturated rings. The molecule has 0 saturated heterocycles. The van der Waals surface area contributed by atoms with Crippen molar-refractivity contribution >= 4 is 0 Å². The topological polar surface area (TPSA) is 20.2 Å². The Morgan fingerprint density at radius 2 is 1.83 bits per heavy atom. The second-order valence-corrected chi connectivity index (χ2v) is 3.20. The number of hydrogen-bond acceptors (Lipinski definition) is 1. The summed E-state index contributed by atoms with van der Waals surface area (Å²) in [7, 11) is 0. The van der Waals surface area contributed by atoms with E-state index in [0.717, 1.165) is 6.42 Å². The molecule has 1 aromatic rings. The van der Waals surface area contributed by atoms with Crippen LogP contribution in [0.3, 0.4) is 0 Å². The Kier molecular flexibility index (Phi) is 3.30. The lowest BCUT2D eigenvalue weighted by molar-refractivity contribution is 0.262. The maximum atomic E-state index is 9.05. The van der Waals surface area contributed by atoms with Gasteiger partial charge in [-0.25, -0.2) is 0 Å². The van der Waals surface area contributed by atoms with Crippen LogP contribution in [-0.4, -0.2) is 11.7 Å². The lowest BCUT2D eigenvalue weighted by Gasteiger charge is -2.11. The first-order chi connectivity index (χ1) is 5.77. The number of aliphatic hydroxyl groups excluding tert-OH is 1. The number of hydrogen-bond donors (Lipinski definition) is 1. The third-order valence-corrected chi connectivity index (χ3v) is 2.26. The molecular weight excluding hydrogens is 148 g/mol. The molecule has 0 aliphatic rings. The minimum Gasteiger partial charge on any atom is -0.396 e. The van der Waals surface area contributed by atoms with Crippen molar-refractivity contribution in [1.29, 1.82) is 0 Å². The van der Waals surface area contributed by atoms with Gasteiger partial charge in [-0.3, -0.25) is 0 Å². The predicted octanol–water partition coefficient (Wildman–Crippen LogP) is 2.48. The van der Waals surface area contributed by atoms with Crippen LogP contribution in [0.4, 0.5) is 0 Å². The number of aliphatic hydroxyl groups is 1. The summed E-state index contributed by atoms with van der Waals surface area (Å²) in [5, 5.41) is 9.05. The molecule has 0 heterocycles. The molecular formula is C11H16O. The van der Waals surface area contributed by atoms with Gasteiger partial charge >= 0.3 is 0 Å². The van der Waals surface area contributed by atoms with Gasteiger partial charge in [-0.1, -0.05) is 36.8 Å². The minimum atomic E-state index is 0.250. The van der Waals surface area contributed by atoms with Crippen LogP contribution in [0.25, 0.3) is 0 Å². The molecule has 0 bridgehead atoms. The van der Waals surface area contributed by atoms with Crippen molar-refractivity contribution in [3.05, 3.63) is 35.4 Å². The van der Waals surface area contributed by atoms with Crippen LogP contribution >= 0.6 is 0 Å². The molecule has 0 aliphatic heterocycles. The Balaban J connectivity index is 2.80. The minimum absolute atomic E-state index is 0.250. The van der Waals surface area contributed by atoms with E-state index >= 15 is 0 Å². The Morgan fingerprint density at radius 1 is 1.25 bits per heavy atom. The second kappa shape index (κ2) is 4.27. The van der Waals surface area contributed by atoms with Gasteiger partial charge in [0, 0.05) is 12.5 Å². The zero-order valence-electron chi connectivity index (χ0n) is 7.75. The van der Waals surface area contributed by atoms with Crippen LogP contribution in [0.1, 0.15) is 30.4 Å². The third kappa shape index (κ3) is 2.08. The molecule has 1 aromatic carbocycles. The zero-order valence-corrected chi connectivity index (χ0v) is 7.75. The van der Waals surface area contributed by atoms with E-state index in [-0.39, 0.29) is 6.61 Å². The van der Waals surface area contributed by atoms with Crippen molar-refractivity contribution in [1.82, 2.24) is 0 Å². The summed E-state index contributed by atoms with van der Waals surface area (Å²) in [5.41, 5.74) is 2.51. The van der Waals surface area contributed by atoms with E-state index < -0.39 is 0 Å². The quantitative estimate of drug-likeness (QED) is 0.727. The summed E-state index contributed by atoms with van der Waals surface area (Å²) in [6, 6.07) is 8.38. The largest absolute Gasteiger partial charge is 0.396 e. The van der Waals surface area contributed by atoms with E-state index in [1.807, 2.05) is 0 Å². The number of benzene rings is 1. The van der Waals surface area contributed by atoms with E-state index in [4.69, 9.17) is 5.11 Å². The fourth-order valence-electron chi connectivity index (χ4n) is 1.31. The van der Waals surface area contributed by atoms with Gasteiger partial charge in [-0.15, -0.1) is 0 Å². The van der Waals surface area contributed by atoms with Crippen molar-refractivity contribution in [2.75, 3.05) is 6.61 Å². The molecule has 0 amide bonds. The summed E-state index contributed by atoms with van der Waals surface area (Å²) in [4.78, 5) is 0. The van der Waals surface area contributed by atoms with E-state index in [1.165, 1.54) is 11.1 Å². The second-order valence-electron chi connectivity index (χ2n) is 3.20. The Morgan fingerprint density at radius 3 is 2.25 bits per heavy atom. The highest BCUT2D eigenvalue weighted by Crippen LogP contribution is 2.18. The van der Waals surface area contributed by atoms with Crippen molar-refractivity contribution in [3.8, 4) is 0 Å². The molecule has 1 rings (SSSR count). The summed E-state index contributed by atoms with van der Waals surface area (Å²) < 4.78 is 0. The molecule has 66 valence electrons. The van der Waals surface area contributed by atoms with Gasteiger partial charge in [-0.05, 0) is 18.9 Å². The van der Waals surface area contributed by atoms with Gasteiger partial charge in [0.25, 0.3) is 0 Å². The van der Waals surface area contributed by atoms with Gasteiger partial charge in [0.15, 0.2) is 0 Å². The predicted molar refractivity (Wildman–Crippen MR) is 51.3 cm³/mol. The fourth-order valence-corrected chi connectivity index (χ4v) is 1.31. The molecule has 0 aliphatic carbocycles. The average molecular weight is 164 g/mol. The highest BCUT2D eigenvalue weighted by atomic mass is 16.3. The SMILES string of the molecule is CCC(CO)c1ccc(C)cc1. The molecule has 0 spiro atoms. The molecule has 12 heavy (non-hydrogen) atoms. The number of aryl methyl sites for hydroxylation is 1. The maximum absolute atomic E-state index is 9.05. The summed E-state index contributed by atoms with van der Waals surface area (Å²) in [6.07, 6.45) is 1.000. The summed E-state index contributed by atoms with van der Waals surface area (Å²) in [6.45, 7) is 4.42. The van der Waals surface area contributed by atoms with Crippen LogP contribution in [0.5, 0.6) is 0 Å². The maximum Gasteiger partial charge on any atom is 0.0499 e. The third-order valence-electron chi connectivity index (χ3n) is 2.26. The fraction of sp³-hybridized carbons (Fsp3) is 0.455. The molecule has 1 nitrogen and oxygen atoms in total. The van der Waals surface area contributed by atoms with Gasteiger partial charge < -0.3 is 5.11 Å². The van der Waals surface area contributed by atoms with E-state index in [2.05, 4.69) is 38.1 Å². The van der Waals surface area contributed by atoms with Crippen LogP contribution in [0, 0.1) is 6.92 Å². The lowest BCUT2D eigenvalue weighted by atomic mass is 9.97. The van der Waals surface area contributed by atoms with Crippen molar-refractivity contribution in [2.45, 2.75) is 26.2 Å². The van der Waals surface area contributed by atoms with E-state index in [0.29, 0.717) is 5.92 Å². The Hall–Kier alpha value is -0.820. The lowest BCUT2D eigenvalue weighted by Crippen LogP contribution is -2.01. The van der Waals surface area contributed by atoms with Crippen LogP contribution in [0.15, 0.2) is 24.3 Å². The molecule has 1 atom stereocenters. The van der Waals surface area contributed by atoms with Gasteiger partial charge in [0.2, 0.25) is 0 Å². The summed E-state index contributed by atoms with van der Waals surface area (Å²) in [5.74, 6) is 0.311. The molecule has 0 saturated carbocycles. The number of rotatable bonds is 3.